The van der Waals surface area contributed by atoms with Crippen LogP contribution in [-0.2, 0) is 0 Å². The first kappa shape index (κ1) is 13.3. The highest BCUT2D eigenvalue weighted by atomic mass is 32.2. The molecule has 15 heavy (non-hydrogen) atoms. The van der Waals surface area contributed by atoms with Gasteiger partial charge in [-0.2, -0.15) is 11.8 Å². The van der Waals surface area contributed by atoms with Crippen LogP contribution in [0.4, 0.5) is 0 Å². The smallest absolute Gasteiger partial charge is 0.0798 e. The molecule has 4 heteroatoms. The van der Waals surface area contributed by atoms with Gasteiger partial charge in [0.05, 0.1) is 5.60 Å². The number of piperidine rings is 1. The molecule has 0 aromatic carbocycles. The number of nitrogens with zero attached hydrogens (tertiary/aromatic N) is 1. The van der Waals surface area contributed by atoms with Gasteiger partial charge in [0.2, 0.25) is 0 Å². The molecular weight excluding hydrogens is 208 g/mol. The Bertz CT molecular complexity index is 183. The highest BCUT2D eigenvalue weighted by Gasteiger charge is 2.31. The molecule has 1 aliphatic rings. The number of likely N-dealkylation sites (N-methyl/N-ethyl adjacent to an activating group) is 1. The Morgan fingerprint density at radius 2 is 2.07 bits per heavy atom. The average molecular weight is 232 g/mol. The Kier molecular flexibility index (Phi) is 5.39. The van der Waals surface area contributed by atoms with Crippen molar-refractivity contribution in [2.75, 3.05) is 38.7 Å². The monoisotopic (exact) mass is 232 g/mol. The zero-order chi connectivity index (χ0) is 11.3. The quantitative estimate of drug-likeness (QED) is 0.734. The fourth-order valence-electron chi connectivity index (χ4n) is 2.04. The molecule has 0 aliphatic carbocycles. The van der Waals surface area contributed by atoms with Gasteiger partial charge in [-0.1, -0.05) is 0 Å². The first-order valence-electron chi connectivity index (χ1n) is 5.70. The molecule has 2 N–H and O–H groups in total. The summed E-state index contributed by atoms with van der Waals surface area (Å²) >= 11 is 1.86. The molecule has 0 saturated carbocycles. The van der Waals surface area contributed by atoms with Crippen LogP contribution in [0.5, 0.6) is 0 Å². The van der Waals surface area contributed by atoms with Crippen molar-refractivity contribution in [3.8, 4) is 0 Å². The lowest BCUT2D eigenvalue weighted by atomic mass is 9.91. The summed E-state index contributed by atoms with van der Waals surface area (Å²) in [6, 6.07) is 0.541. The van der Waals surface area contributed by atoms with Crippen LogP contribution >= 0.6 is 11.8 Å². The van der Waals surface area contributed by atoms with Crippen molar-refractivity contribution in [1.82, 2.24) is 10.2 Å². The predicted molar refractivity (Wildman–Crippen MR) is 67.5 cm³/mol. The molecule has 0 amide bonds. The number of nitrogens with one attached hydrogen (secondary N) is 1. The van der Waals surface area contributed by atoms with Gasteiger partial charge in [-0.15, -0.1) is 0 Å². The largest absolute Gasteiger partial charge is 0.388 e. The van der Waals surface area contributed by atoms with E-state index in [-0.39, 0.29) is 0 Å². The van der Waals surface area contributed by atoms with E-state index in [1.54, 1.807) is 0 Å². The lowest BCUT2D eigenvalue weighted by molar-refractivity contribution is -0.0207. The first-order chi connectivity index (χ1) is 7.07. The molecular formula is C11H24N2OS. The highest BCUT2D eigenvalue weighted by molar-refractivity contribution is 7.98. The molecule has 0 radical (unpaired) electrons. The summed E-state index contributed by atoms with van der Waals surface area (Å²) in [5, 5.41) is 13.7. The number of thioether (sulfide) groups is 1. The van der Waals surface area contributed by atoms with Crippen molar-refractivity contribution in [2.45, 2.75) is 31.4 Å². The van der Waals surface area contributed by atoms with E-state index in [0.29, 0.717) is 6.04 Å². The van der Waals surface area contributed by atoms with E-state index in [1.165, 1.54) is 0 Å². The second-order valence-electron chi connectivity index (χ2n) is 4.69. The van der Waals surface area contributed by atoms with Crippen molar-refractivity contribution >= 4 is 11.8 Å². The Hall–Kier alpha value is 0.230. The van der Waals surface area contributed by atoms with Crippen molar-refractivity contribution in [3.63, 3.8) is 0 Å². The SMILES string of the molecule is CSCC(C)N(C)CC1(O)CCNCC1. The average Bonchev–Trinajstić information content (AvgIpc) is 2.18. The van der Waals surface area contributed by atoms with Crippen LogP contribution in [-0.4, -0.2) is 60.3 Å². The predicted octanol–water partition coefficient (Wildman–Crippen LogP) is 0.784. The summed E-state index contributed by atoms with van der Waals surface area (Å²) in [7, 11) is 2.11. The number of aliphatic hydroxyl groups is 1. The van der Waals surface area contributed by atoms with Gasteiger partial charge in [0.25, 0.3) is 0 Å². The zero-order valence-electron chi connectivity index (χ0n) is 10.1. The first-order valence-corrected chi connectivity index (χ1v) is 7.09. The van der Waals surface area contributed by atoms with Crippen LogP contribution in [0.25, 0.3) is 0 Å². The minimum absolute atomic E-state index is 0.466. The molecule has 1 aliphatic heterocycles. The second kappa shape index (κ2) is 6.09. The Labute approximate surface area is 97.6 Å². The van der Waals surface area contributed by atoms with E-state index in [2.05, 4.69) is 30.4 Å². The van der Waals surface area contributed by atoms with E-state index in [1.807, 2.05) is 11.8 Å². The van der Waals surface area contributed by atoms with Gasteiger partial charge >= 0.3 is 0 Å². The minimum atomic E-state index is -0.466. The third-order valence-electron chi connectivity index (χ3n) is 3.24. The molecule has 0 aromatic heterocycles. The maximum atomic E-state index is 10.4. The molecule has 1 heterocycles. The summed E-state index contributed by atoms with van der Waals surface area (Å²) < 4.78 is 0. The van der Waals surface area contributed by atoms with E-state index in [9.17, 15) is 5.11 Å². The standard InChI is InChI=1S/C11H24N2OS/c1-10(8-15-3)13(2)9-11(14)4-6-12-7-5-11/h10,12,14H,4-9H2,1-3H3. The molecule has 0 aromatic rings. The van der Waals surface area contributed by atoms with Gasteiger partial charge in [0.15, 0.2) is 0 Å². The summed E-state index contributed by atoms with van der Waals surface area (Å²) in [6.45, 7) is 4.92. The van der Waals surface area contributed by atoms with Gasteiger partial charge in [-0.25, -0.2) is 0 Å². The van der Waals surface area contributed by atoms with Gasteiger partial charge in [0, 0.05) is 18.3 Å². The Balaban J connectivity index is 2.37. The maximum absolute atomic E-state index is 10.4. The van der Waals surface area contributed by atoms with Gasteiger partial charge < -0.3 is 15.3 Å². The van der Waals surface area contributed by atoms with E-state index in [4.69, 9.17) is 0 Å². The van der Waals surface area contributed by atoms with Gasteiger partial charge in [-0.3, -0.25) is 0 Å². The van der Waals surface area contributed by atoms with Gasteiger partial charge in [-0.05, 0) is 46.2 Å². The van der Waals surface area contributed by atoms with Crippen molar-refractivity contribution in [1.29, 1.82) is 0 Å². The minimum Gasteiger partial charge on any atom is -0.388 e. The van der Waals surface area contributed by atoms with Crippen LogP contribution in [0.1, 0.15) is 19.8 Å². The Morgan fingerprint density at radius 1 is 1.47 bits per heavy atom. The maximum Gasteiger partial charge on any atom is 0.0798 e. The zero-order valence-corrected chi connectivity index (χ0v) is 10.9. The molecule has 0 bridgehead atoms. The van der Waals surface area contributed by atoms with Crippen LogP contribution in [0.15, 0.2) is 0 Å². The van der Waals surface area contributed by atoms with Crippen molar-refractivity contribution < 1.29 is 5.11 Å². The van der Waals surface area contributed by atoms with Gasteiger partial charge in [0.1, 0.15) is 0 Å². The number of hydrogen-bond acceptors (Lipinski definition) is 4. The van der Waals surface area contributed by atoms with E-state index >= 15 is 0 Å². The molecule has 1 rings (SSSR count). The molecule has 1 fully saturated rings. The lowest BCUT2D eigenvalue weighted by Gasteiger charge is -2.37. The lowest BCUT2D eigenvalue weighted by Crippen LogP contribution is -2.50. The topological polar surface area (TPSA) is 35.5 Å². The molecule has 0 spiro atoms. The van der Waals surface area contributed by atoms with Crippen LogP contribution in [0.2, 0.25) is 0 Å². The molecule has 1 unspecified atom stereocenters. The van der Waals surface area contributed by atoms with E-state index in [0.717, 1.165) is 38.2 Å². The summed E-state index contributed by atoms with van der Waals surface area (Å²) in [5.74, 6) is 1.13. The second-order valence-corrected chi connectivity index (χ2v) is 5.60. The normalized spacial score (nSPS) is 23.0. The van der Waals surface area contributed by atoms with Crippen molar-refractivity contribution in [2.24, 2.45) is 0 Å². The fraction of sp³-hybridized carbons (Fsp3) is 1.00. The molecule has 90 valence electrons. The van der Waals surface area contributed by atoms with Crippen molar-refractivity contribution in [3.05, 3.63) is 0 Å². The molecule has 1 saturated heterocycles. The summed E-state index contributed by atoms with van der Waals surface area (Å²) in [6.07, 6.45) is 3.89. The van der Waals surface area contributed by atoms with Crippen LogP contribution < -0.4 is 5.32 Å². The molecule has 3 nitrogen and oxygen atoms in total. The summed E-state index contributed by atoms with van der Waals surface area (Å²) in [4.78, 5) is 2.28. The molecule has 1 atom stereocenters. The summed E-state index contributed by atoms with van der Waals surface area (Å²) in [5.41, 5.74) is -0.466. The Morgan fingerprint density at radius 3 is 2.60 bits per heavy atom. The third-order valence-corrected chi connectivity index (χ3v) is 4.05. The third kappa shape index (κ3) is 4.31. The van der Waals surface area contributed by atoms with Crippen LogP contribution in [0.3, 0.4) is 0 Å². The van der Waals surface area contributed by atoms with Crippen LogP contribution in [0, 0.1) is 0 Å². The number of hydrogen-bond donors (Lipinski definition) is 2. The highest BCUT2D eigenvalue weighted by Crippen LogP contribution is 2.20. The number of rotatable bonds is 5. The van der Waals surface area contributed by atoms with E-state index < -0.39 is 5.60 Å². The fourth-order valence-corrected chi connectivity index (χ4v) is 2.78.